The standard InChI is InChI=1S/C27H22F9NO3/c1-16-5-2-10-21-23(16)37(14-22(38)25(28,29)30)15-24(21,18-7-4-9-20(12-18)40-27(34,35)36)13-17-6-3-8-19(11-17)39-26(31,32)33/h2-12,22,38H,13-15H2,1H3. The van der Waals surface area contributed by atoms with E-state index in [9.17, 15) is 44.6 Å². The fourth-order valence-corrected chi connectivity index (χ4v) is 5.11. The van der Waals surface area contributed by atoms with Gasteiger partial charge in [-0.2, -0.15) is 13.2 Å². The van der Waals surface area contributed by atoms with E-state index in [1.807, 2.05) is 0 Å². The molecule has 4 rings (SSSR count). The zero-order chi connectivity index (χ0) is 29.5. The topological polar surface area (TPSA) is 41.9 Å². The Bertz CT molecular complexity index is 1350. The summed E-state index contributed by atoms with van der Waals surface area (Å²) in [4.78, 5) is 1.29. The van der Waals surface area contributed by atoms with Gasteiger partial charge in [0.15, 0.2) is 6.10 Å². The fourth-order valence-electron chi connectivity index (χ4n) is 5.11. The van der Waals surface area contributed by atoms with Crippen LogP contribution in [0.2, 0.25) is 0 Å². The summed E-state index contributed by atoms with van der Waals surface area (Å²) in [6, 6.07) is 14.7. The van der Waals surface area contributed by atoms with E-state index in [2.05, 4.69) is 9.47 Å². The summed E-state index contributed by atoms with van der Waals surface area (Å²) in [7, 11) is 0. The molecule has 0 saturated heterocycles. The third kappa shape index (κ3) is 6.57. The lowest BCUT2D eigenvalue weighted by atomic mass is 9.71. The van der Waals surface area contributed by atoms with Crippen molar-refractivity contribution < 1.29 is 54.1 Å². The molecule has 0 amide bonds. The van der Waals surface area contributed by atoms with E-state index >= 15 is 0 Å². The average Bonchev–Trinajstić information content (AvgIpc) is 3.12. The second-order valence-electron chi connectivity index (χ2n) is 9.44. The quantitative estimate of drug-likeness (QED) is 0.305. The highest BCUT2D eigenvalue weighted by Gasteiger charge is 2.48. The highest BCUT2D eigenvalue weighted by atomic mass is 19.4. The Hall–Kier alpha value is -3.61. The lowest BCUT2D eigenvalue weighted by Gasteiger charge is -2.33. The lowest BCUT2D eigenvalue weighted by molar-refractivity contribution is -0.275. The molecule has 0 saturated carbocycles. The van der Waals surface area contributed by atoms with Crippen LogP contribution in [0.1, 0.15) is 22.3 Å². The van der Waals surface area contributed by atoms with Crippen LogP contribution < -0.4 is 14.4 Å². The largest absolute Gasteiger partial charge is 0.573 e. The molecule has 2 atom stereocenters. The first-order chi connectivity index (χ1) is 18.5. The number of anilines is 1. The summed E-state index contributed by atoms with van der Waals surface area (Å²) in [5.41, 5.74) is 0.422. The Morgan fingerprint density at radius 1 is 0.825 bits per heavy atom. The minimum Gasteiger partial charge on any atom is -0.406 e. The third-order valence-electron chi connectivity index (χ3n) is 6.56. The van der Waals surface area contributed by atoms with Gasteiger partial charge in [-0.1, -0.05) is 42.5 Å². The van der Waals surface area contributed by atoms with E-state index in [1.54, 1.807) is 25.1 Å². The molecule has 216 valence electrons. The van der Waals surface area contributed by atoms with Crippen LogP contribution in [0.3, 0.4) is 0 Å². The van der Waals surface area contributed by atoms with Crippen molar-refractivity contribution >= 4 is 5.69 Å². The van der Waals surface area contributed by atoms with Gasteiger partial charge in [-0.3, -0.25) is 0 Å². The van der Waals surface area contributed by atoms with Gasteiger partial charge < -0.3 is 19.5 Å². The van der Waals surface area contributed by atoms with Crippen molar-refractivity contribution in [2.45, 2.75) is 43.8 Å². The number of aliphatic hydroxyl groups is 1. The number of ether oxygens (including phenoxy) is 2. The number of para-hydroxylation sites is 1. The summed E-state index contributed by atoms with van der Waals surface area (Å²) in [6.07, 6.45) is -17.8. The SMILES string of the molecule is Cc1cccc2c1N(CC(O)C(F)(F)F)CC2(Cc1cccc(OC(F)(F)F)c1)c1cccc(OC(F)(F)F)c1. The van der Waals surface area contributed by atoms with Crippen LogP contribution in [0.4, 0.5) is 45.2 Å². The van der Waals surface area contributed by atoms with Crippen LogP contribution in [-0.4, -0.2) is 43.2 Å². The van der Waals surface area contributed by atoms with E-state index in [1.165, 1.54) is 29.2 Å². The smallest absolute Gasteiger partial charge is 0.406 e. The van der Waals surface area contributed by atoms with Gasteiger partial charge in [-0.25, -0.2) is 0 Å². The number of halogens is 9. The number of hydrogen-bond acceptors (Lipinski definition) is 4. The van der Waals surface area contributed by atoms with E-state index in [0.29, 0.717) is 16.8 Å². The molecule has 0 fully saturated rings. The maximum Gasteiger partial charge on any atom is 0.573 e. The number of fused-ring (bicyclic) bond motifs is 1. The predicted molar refractivity (Wildman–Crippen MR) is 126 cm³/mol. The molecule has 40 heavy (non-hydrogen) atoms. The lowest BCUT2D eigenvalue weighted by Crippen LogP contribution is -2.44. The van der Waals surface area contributed by atoms with Gasteiger partial charge in [0, 0.05) is 17.6 Å². The molecule has 3 aromatic carbocycles. The van der Waals surface area contributed by atoms with E-state index in [-0.39, 0.29) is 24.1 Å². The zero-order valence-electron chi connectivity index (χ0n) is 20.7. The van der Waals surface area contributed by atoms with Crippen molar-refractivity contribution in [3.63, 3.8) is 0 Å². The van der Waals surface area contributed by atoms with Crippen molar-refractivity contribution in [1.29, 1.82) is 0 Å². The molecule has 0 bridgehead atoms. The minimum atomic E-state index is -5.03. The molecule has 3 aromatic rings. The summed E-state index contributed by atoms with van der Waals surface area (Å²) in [5.74, 6) is -1.12. The monoisotopic (exact) mass is 579 g/mol. The van der Waals surface area contributed by atoms with Crippen LogP contribution in [0.25, 0.3) is 0 Å². The number of rotatable bonds is 7. The van der Waals surface area contributed by atoms with Crippen LogP contribution in [-0.2, 0) is 11.8 Å². The Morgan fingerprint density at radius 2 is 1.40 bits per heavy atom. The summed E-state index contributed by atoms with van der Waals surface area (Å²) in [5, 5.41) is 9.87. The molecule has 0 aromatic heterocycles. The third-order valence-corrected chi connectivity index (χ3v) is 6.56. The second kappa shape index (κ2) is 10.4. The van der Waals surface area contributed by atoms with Gasteiger partial charge in [0.1, 0.15) is 11.5 Å². The van der Waals surface area contributed by atoms with Gasteiger partial charge in [0.25, 0.3) is 0 Å². The fraction of sp³-hybridized carbons (Fsp3) is 0.333. The summed E-state index contributed by atoms with van der Waals surface area (Å²) < 4.78 is 126. The summed E-state index contributed by atoms with van der Waals surface area (Å²) in [6.45, 7) is 0.516. The average molecular weight is 579 g/mol. The van der Waals surface area contributed by atoms with Crippen LogP contribution >= 0.6 is 0 Å². The number of alkyl halides is 9. The minimum absolute atomic E-state index is 0.132. The van der Waals surface area contributed by atoms with Gasteiger partial charge in [0.05, 0.1) is 6.54 Å². The van der Waals surface area contributed by atoms with Crippen molar-refractivity contribution in [3.05, 3.63) is 89.0 Å². The normalized spacial score (nSPS) is 18.4. The van der Waals surface area contributed by atoms with Gasteiger partial charge >= 0.3 is 18.9 Å². The molecule has 13 heteroatoms. The molecule has 1 N–H and O–H groups in total. The molecular formula is C27H22F9NO3. The van der Waals surface area contributed by atoms with E-state index in [0.717, 1.165) is 24.3 Å². The first-order valence-electron chi connectivity index (χ1n) is 11.8. The molecule has 0 aliphatic carbocycles. The Kier molecular flexibility index (Phi) is 7.65. The second-order valence-corrected chi connectivity index (χ2v) is 9.44. The van der Waals surface area contributed by atoms with E-state index in [4.69, 9.17) is 0 Å². The molecule has 2 unspecified atom stereocenters. The Morgan fingerprint density at radius 3 is 2.00 bits per heavy atom. The highest BCUT2D eigenvalue weighted by Crippen LogP contribution is 2.50. The number of aryl methyl sites for hydroxylation is 1. The molecule has 0 spiro atoms. The first-order valence-corrected chi connectivity index (χ1v) is 11.8. The van der Waals surface area contributed by atoms with E-state index < -0.39 is 48.5 Å². The van der Waals surface area contributed by atoms with Crippen LogP contribution in [0, 0.1) is 6.92 Å². The van der Waals surface area contributed by atoms with Gasteiger partial charge in [0.2, 0.25) is 0 Å². The maximum absolute atomic E-state index is 13.3. The Labute approximate surface area is 222 Å². The number of nitrogens with zero attached hydrogens (tertiary/aromatic N) is 1. The highest BCUT2D eigenvalue weighted by molar-refractivity contribution is 5.70. The molecule has 1 aliphatic rings. The number of hydrogen-bond donors (Lipinski definition) is 1. The van der Waals surface area contributed by atoms with Gasteiger partial charge in [-0.05, 0) is 59.9 Å². The van der Waals surface area contributed by atoms with Crippen molar-refractivity contribution in [2.24, 2.45) is 0 Å². The first kappa shape index (κ1) is 29.4. The summed E-state index contributed by atoms with van der Waals surface area (Å²) >= 11 is 0. The number of β-amino-alcohol motifs (C(OH)–C–C–N with tert-alkyl or cyclic N) is 1. The van der Waals surface area contributed by atoms with Crippen LogP contribution in [0.5, 0.6) is 11.5 Å². The molecule has 1 aliphatic heterocycles. The Balaban J connectivity index is 1.88. The van der Waals surface area contributed by atoms with Crippen molar-refractivity contribution in [1.82, 2.24) is 0 Å². The molecule has 1 heterocycles. The van der Waals surface area contributed by atoms with Crippen molar-refractivity contribution in [3.8, 4) is 11.5 Å². The number of benzene rings is 3. The number of aliphatic hydroxyl groups excluding tert-OH is 1. The molecular weight excluding hydrogens is 557 g/mol. The van der Waals surface area contributed by atoms with Crippen LogP contribution in [0.15, 0.2) is 66.7 Å². The maximum atomic E-state index is 13.3. The van der Waals surface area contributed by atoms with Gasteiger partial charge in [-0.15, -0.1) is 26.3 Å². The van der Waals surface area contributed by atoms with Crippen molar-refractivity contribution in [2.75, 3.05) is 18.0 Å². The molecule has 0 radical (unpaired) electrons. The molecule has 4 nitrogen and oxygen atoms in total. The predicted octanol–water partition coefficient (Wildman–Crippen LogP) is 7.06. The zero-order valence-corrected chi connectivity index (χ0v) is 20.7.